The van der Waals surface area contributed by atoms with Crippen LogP contribution in [-0.4, -0.2) is 21.7 Å². The van der Waals surface area contributed by atoms with E-state index in [9.17, 15) is 4.57 Å². The summed E-state index contributed by atoms with van der Waals surface area (Å²) in [4.78, 5) is 18.1. The second-order valence-corrected chi connectivity index (χ2v) is 8.03. The molecule has 10 heteroatoms. The molecular formula is C8H20O7P2S. The fraction of sp³-hybridized carbons (Fsp3) is 1.00. The molecule has 0 bridgehead atoms. The first kappa shape index (κ1) is 18.6. The molecule has 0 aliphatic heterocycles. The molecule has 18 heavy (non-hydrogen) atoms. The van der Waals surface area contributed by atoms with Crippen molar-refractivity contribution in [3.8, 4) is 0 Å². The minimum absolute atomic E-state index is 0.0145. The minimum atomic E-state index is -4.48. The highest BCUT2D eigenvalue weighted by atomic mass is 32.5. The summed E-state index contributed by atoms with van der Waals surface area (Å²) in [6.45, 7) is -1.98. The van der Waals surface area contributed by atoms with Crippen molar-refractivity contribution in [2.75, 3.05) is 6.61 Å². The van der Waals surface area contributed by atoms with Crippen LogP contribution in [0, 0.1) is 0 Å². The Hall–Kier alpha value is 0.640. The van der Waals surface area contributed by atoms with E-state index in [4.69, 9.17) is 15.0 Å². The van der Waals surface area contributed by atoms with E-state index in [0.29, 0.717) is 6.42 Å². The maximum Gasteiger partial charge on any atom is 0.479 e. The summed E-state index contributed by atoms with van der Waals surface area (Å²) in [6, 6.07) is 0. The molecule has 110 valence electrons. The van der Waals surface area contributed by atoms with Gasteiger partial charge in [-0.25, -0.2) is 14.1 Å². The molecule has 0 aromatic carbocycles. The van der Waals surface area contributed by atoms with Crippen molar-refractivity contribution in [2.24, 2.45) is 0 Å². The zero-order chi connectivity index (χ0) is 14.1. The number of hydrogen-bond acceptors (Lipinski definition) is 6. The van der Waals surface area contributed by atoms with Gasteiger partial charge in [-0.05, 0) is 18.2 Å². The van der Waals surface area contributed by atoms with Gasteiger partial charge in [-0.1, -0.05) is 39.0 Å². The van der Waals surface area contributed by atoms with Crippen LogP contribution in [0.1, 0.15) is 45.4 Å². The van der Waals surface area contributed by atoms with E-state index in [1.165, 1.54) is 6.42 Å². The summed E-state index contributed by atoms with van der Waals surface area (Å²) in [7, 11) is -4.48. The van der Waals surface area contributed by atoms with Gasteiger partial charge in [0.1, 0.15) is 0 Å². The molecule has 0 fully saturated rings. The molecule has 0 aromatic rings. The van der Waals surface area contributed by atoms with Crippen molar-refractivity contribution in [2.45, 2.75) is 45.4 Å². The maximum absolute atomic E-state index is 11.2. The fourth-order valence-corrected chi connectivity index (χ4v) is 3.70. The van der Waals surface area contributed by atoms with E-state index in [1.54, 1.807) is 0 Å². The molecular weight excluding hydrogens is 302 g/mol. The van der Waals surface area contributed by atoms with E-state index in [1.807, 2.05) is 0 Å². The topological polar surface area (TPSA) is 105 Å². The average Bonchev–Trinajstić information content (AvgIpc) is 2.26. The largest absolute Gasteiger partial charge is 0.479 e. The maximum atomic E-state index is 11.2. The molecule has 2 unspecified atom stereocenters. The lowest BCUT2D eigenvalue weighted by molar-refractivity contribution is -0.147. The normalized spacial score (nSPS) is 18.2. The van der Waals surface area contributed by atoms with E-state index >= 15 is 0 Å². The van der Waals surface area contributed by atoms with Crippen LogP contribution in [0.4, 0.5) is 0 Å². The van der Waals surface area contributed by atoms with Crippen molar-refractivity contribution < 1.29 is 33.1 Å². The van der Waals surface area contributed by atoms with Crippen LogP contribution in [0.3, 0.4) is 0 Å². The van der Waals surface area contributed by atoms with Gasteiger partial charge in [0.15, 0.2) is 0 Å². The Labute approximate surface area is 112 Å². The van der Waals surface area contributed by atoms with E-state index in [2.05, 4.69) is 32.2 Å². The molecule has 0 rings (SSSR count). The first-order valence-corrected chi connectivity index (χ1v) is 9.76. The first-order valence-electron chi connectivity index (χ1n) is 5.67. The lowest BCUT2D eigenvalue weighted by Gasteiger charge is -2.15. The van der Waals surface area contributed by atoms with Crippen molar-refractivity contribution >= 4 is 26.3 Å². The Kier molecular flexibility index (Phi) is 9.87. The molecule has 7 nitrogen and oxygen atoms in total. The monoisotopic (exact) mass is 322 g/mol. The Morgan fingerprint density at radius 1 is 1.11 bits per heavy atom. The Balaban J connectivity index is 3.71. The zero-order valence-corrected chi connectivity index (χ0v) is 12.8. The summed E-state index contributed by atoms with van der Waals surface area (Å²) in [5, 5.41) is 8.13. The number of rotatable bonds is 11. The summed E-state index contributed by atoms with van der Waals surface area (Å²) < 4.78 is 23.3. The van der Waals surface area contributed by atoms with Gasteiger partial charge in [-0.15, -0.1) is 0 Å². The van der Waals surface area contributed by atoms with Crippen LogP contribution >= 0.6 is 14.5 Å². The van der Waals surface area contributed by atoms with Crippen molar-refractivity contribution in [3.05, 3.63) is 0 Å². The fourth-order valence-electron chi connectivity index (χ4n) is 1.23. The van der Waals surface area contributed by atoms with Crippen molar-refractivity contribution in [1.29, 1.82) is 0 Å². The molecule has 0 aliphatic rings. The lowest BCUT2D eigenvalue weighted by atomic mass is 10.1. The average molecular weight is 322 g/mol. The van der Waals surface area contributed by atoms with Gasteiger partial charge in [-0.3, -0.25) is 4.52 Å². The van der Waals surface area contributed by atoms with E-state index in [0.717, 1.165) is 25.7 Å². The number of phosphoric acid groups is 1. The molecule has 0 aliphatic carbocycles. The number of unbranched alkanes of at least 4 members (excludes halogenated alkanes) is 5. The summed E-state index contributed by atoms with van der Waals surface area (Å²) in [6.07, 6.45) is 5.96. The third kappa shape index (κ3) is 10.6. The lowest BCUT2D eigenvalue weighted by Crippen LogP contribution is -1.97. The minimum Gasteiger partial charge on any atom is -0.323 e. The molecule has 3 N–H and O–H groups in total. The molecule has 2 atom stereocenters. The molecule has 0 saturated heterocycles. The van der Waals surface area contributed by atoms with Crippen molar-refractivity contribution in [1.82, 2.24) is 0 Å². The first-order chi connectivity index (χ1) is 8.33. The number of hydrogen-bond donors (Lipinski definition) is 3. The van der Waals surface area contributed by atoms with Crippen molar-refractivity contribution in [3.63, 3.8) is 0 Å². The number of phosphoric ester groups is 1. The highest BCUT2D eigenvalue weighted by molar-refractivity contribution is 8.08. The third-order valence-electron chi connectivity index (χ3n) is 2.06. The van der Waals surface area contributed by atoms with Crippen LogP contribution in [0.15, 0.2) is 0 Å². The van der Waals surface area contributed by atoms with Gasteiger partial charge in [-0.2, -0.15) is 4.67 Å². The summed E-state index contributed by atoms with van der Waals surface area (Å²) in [5.74, 6) is 0. The van der Waals surface area contributed by atoms with E-state index < -0.39 is 14.5 Å². The smallest absolute Gasteiger partial charge is 0.323 e. The van der Waals surface area contributed by atoms with Crippen LogP contribution in [0.25, 0.3) is 0 Å². The van der Waals surface area contributed by atoms with Gasteiger partial charge in [0.2, 0.25) is 0 Å². The van der Waals surface area contributed by atoms with Crippen LogP contribution in [0.5, 0.6) is 0 Å². The third-order valence-corrected chi connectivity index (χ3v) is 5.23. The predicted octanol–water partition coefficient (Wildman–Crippen LogP) is 3.19. The predicted molar refractivity (Wildman–Crippen MR) is 70.5 cm³/mol. The molecule has 0 radical (unpaired) electrons. The molecule has 0 amide bonds. The summed E-state index contributed by atoms with van der Waals surface area (Å²) in [5.41, 5.74) is 0. The van der Waals surface area contributed by atoms with Gasteiger partial charge in [0.05, 0.1) is 6.61 Å². The van der Waals surface area contributed by atoms with Crippen LogP contribution < -0.4 is 0 Å². The Morgan fingerprint density at radius 3 is 2.22 bits per heavy atom. The van der Waals surface area contributed by atoms with Gasteiger partial charge >= 0.3 is 14.5 Å². The SMILES string of the molecule is CCCCCCCCOP(=O)(O)OP(O)(=S)OO. The Morgan fingerprint density at radius 2 is 1.67 bits per heavy atom. The highest BCUT2D eigenvalue weighted by Crippen LogP contribution is 2.60. The standard InChI is InChI=1S/C8H20O7P2S/c1-2-3-4-5-6-7-8-13-16(10,11)15-17(12,18)14-9/h9H,2-8H2,1H3,(H,10,11)(H,12,18). The molecule has 0 aromatic heterocycles. The molecule has 0 spiro atoms. The van der Waals surface area contributed by atoms with E-state index in [-0.39, 0.29) is 6.61 Å². The molecule has 0 heterocycles. The van der Waals surface area contributed by atoms with Crippen LogP contribution in [-0.2, 0) is 29.9 Å². The molecule has 0 saturated carbocycles. The quantitative estimate of drug-likeness (QED) is 0.230. The zero-order valence-electron chi connectivity index (χ0n) is 10.2. The highest BCUT2D eigenvalue weighted by Gasteiger charge is 2.31. The van der Waals surface area contributed by atoms with Crippen LogP contribution in [0.2, 0.25) is 0 Å². The van der Waals surface area contributed by atoms with Gasteiger partial charge < -0.3 is 9.79 Å². The van der Waals surface area contributed by atoms with Gasteiger partial charge in [0.25, 0.3) is 0 Å². The Bertz CT molecular complexity index is 312. The summed E-state index contributed by atoms with van der Waals surface area (Å²) >= 11 is 4.20. The van der Waals surface area contributed by atoms with Gasteiger partial charge in [0, 0.05) is 0 Å². The second-order valence-electron chi connectivity index (χ2n) is 3.70. The second kappa shape index (κ2) is 9.53.